The second kappa shape index (κ2) is 5.16. The van der Waals surface area contributed by atoms with Gasteiger partial charge in [-0.1, -0.05) is 11.6 Å². The molecule has 2 heterocycles. The Kier molecular flexibility index (Phi) is 3.35. The van der Waals surface area contributed by atoms with Crippen LogP contribution in [-0.4, -0.2) is 16.4 Å². The molecule has 1 saturated heterocycles. The molecule has 1 aromatic carbocycles. The maximum Gasteiger partial charge on any atom is 0.145 e. The van der Waals surface area contributed by atoms with E-state index < -0.39 is 0 Å². The summed E-state index contributed by atoms with van der Waals surface area (Å²) in [5.41, 5.74) is 7.83. The van der Waals surface area contributed by atoms with Gasteiger partial charge in [-0.3, -0.25) is 0 Å². The first-order valence-corrected chi connectivity index (χ1v) is 6.74. The lowest BCUT2D eigenvalue weighted by molar-refractivity contribution is 0.108. The molecule has 0 spiro atoms. The van der Waals surface area contributed by atoms with Gasteiger partial charge in [-0.05, 0) is 37.1 Å². The van der Waals surface area contributed by atoms with E-state index in [1.54, 1.807) is 16.8 Å². The number of nitriles is 1. The molecule has 20 heavy (non-hydrogen) atoms. The Morgan fingerprint density at radius 1 is 1.40 bits per heavy atom. The SMILES string of the molecule is N#Cc1c([C@H]2CCCO2)nn(-c2ccc(Cl)cc2)c1N. The van der Waals surface area contributed by atoms with Crippen molar-refractivity contribution in [3.05, 3.63) is 40.5 Å². The van der Waals surface area contributed by atoms with Crippen LogP contribution in [0.15, 0.2) is 24.3 Å². The topological polar surface area (TPSA) is 76.9 Å². The number of halogens is 1. The van der Waals surface area contributed by atoms with E-state index in [-0.39, 0.29) is 6.10 Å². The molecule has 2 N–H and O–H groups in total. The molecule has 6 heteroatoms. The largest absolute Gasteiger partial charge is 0.382 e. The highest BCUT2D eigenvalue weighted by Gasteiger charge is 2.27. The number of rotatable bonds is 2. The standard InChI is InChI=1S/C14H13ClN4O/c15-9-3-5-10(6-4-9)19-14(17)11(8-16)13(18-19)12-2-1-7-20-12/h3-6,12H,1-2,7,17H2/t12-/m1/s1. The second-order valence-electron chi connectivity index (χ2n) is 4.65. The van der Waals surface area contributed by atoms with E-state index in [0.717, 1.165) is 18.5 Å². The van der Waals surface area contributed by atoms with Crippen LogP contribution in [0.1, 0.15) is 30.2 Å². The van der Waals surface area contributed by atoms with Crippen LogP contribution in [0, 0.1) is 11.3 Å². The third-order valence-electron chi connectivity index (χ3n) is 3.37. The molecule has 3 rings (SSSR count). The van der Waals surface area contributed by atoms with Gasteiger partial charge in [0.1, 0.15) is 29.2 Å². The minimum absolute atomic E-state index is 0.138. The highest BCUT2D eigenvalue weighted by molar-refractivity contribution is 6.30. The Labute approximate surface area is 121 Å². The Balaban J connectivity index is 2.08. The van der Waals surface area contributed by atoms with Crippen molar-refractivity contribution in [2.45, 2.75) is 18.9 Å². The molecule has 0 amide bonds. The molecule has 1 aliphatic heterocycles. The number of ether oxygens (including phenoxy) is 1. The van der Waals surface area contributed by atoms with Gasteiger partial charge < -0.3 is 10.5 Å². The van der Waals surface area contributed by atoms with Crippen molar-refractivity contribution in [1.29, 1.82) is 5.26 Å². The van der Waals surface area contributed by atoms with Crippen LogP contribution < -0.4 is 5.73 Å². The van der Waals surface area contributed by atoms with Crippen molar-refractivity contribution in [3.8, 4) is 11.8 Å². The lowest BCUT2D eigenvalue weighted by Crippen LogP contribution is -2.03. The summed E-state index contributed by atoms with van der Waals surface area (Å²) in [6.07, 6.45) is 1.70. The fourth-order valence-electron chi connectivity index (χ4n) is 2.36. The van der Waals surface area contributed by atoms with E-state index >= 15 is 0 Å². The normalized spacial score (nSPS) is 18.1. The van der Waals surface area contributed by atoms with Crippen LogP contribution in [0.4, 0.5) is 5.82 Å². The second-order valence-corrected chi connectivity index (χ2v) is 5.08. The molecule has 2 aromatic rings. The van der Waals surface area contributed by atoms with E-state index in [2.05, 4.69) is 11.2 Å². The summed E-state index contributed by atoms with van der Waals surface area (Å²) in [5, 5.41) is 14.4. The van der Waals surface area contributed by atoms with E-state index in [1.165, 1.54) is 0 Å². The Bertz CT molecular complexity index is 666. The zero-order valence-electron chi connectivity index (χ0n) is 10.7. The molecule has 5 nitrogen and oxygen atoms in total. The number of hydrogen-bond acceptors (Lipinski definition) is 4. The molecular weight excluding hydrogens is 276 g/mol. The zero-order valence-corrected chi connectivity index (χ0v) is 11.5. The molecule has 0 bridgehead atoms. The average Bonchev–Trinajstić information content (AvgIpc) is 3.07. The van der Waals surface area contributed by atoms with E-state index in [1.807, 2.05) is 12.1 Å². The number of aromatic nitrogens is 2. The van der Waals surface area contributed by atoms with E-state index in [4.69, 9.17) is 22.1 Å². The van der Waals surface area contributed by atoms with Gasteiger partial charge in [0.15, 0.2) is 0 Å². The molecule has 1 aliphatic rings. The van der Waals surface area contributed by atoms with Crippen molar-refractivity contribution < 1.29 is 4.74 Å². The van der Waals surface area contributed by atoms with Crippen LogP contribution in [-0.2, 0) is 4.74 Å². The summed E-state index contributed by atoms with van der Waals surface area (Å²) >= 11 is 5.87. The van der Waals surface area contributed by atoms with Crippen molar-refractivity contribution in [2.24, 2.45) is 0 Å². The summed E-state index contributed by atoms with van der Waals surface area (Å²) in [5.74, 6) is 0.334. The van der Waals surface area contributed by atoms with Gasteiger partial charge in [-0.25, -0.2) is 4.68 Å². The van der Waals surface area contributed by atoms with Gasteiger partial charge in [-0.15, -0.1) is 0 Å². The highest BCUT2D eigenvalue weighted by Crippen LogP contribution is 2.33. The first-order valence-electron chi connectivity index (χ1n) is 6.36. The Morgan fingerprint density at radius 2 is 2.15 bits per heavy atom. The number of anilines is 1. The van der Waals surface area contributed by atoms with Gasteiger partial charge >= 0.3 is 0 Å². The molecular formula is C14H13ClN4O. The average molecular weight is 289 g/mol. The number of hydrogen-bond donors (Lipinski definition) is 1. The molecule has 1 aromatic heterocycles. The van der Waals surface area contributed by atoms with Crippen molar-refractivity contribution in [2.75, 3.05) is 12.3 Å². The minimum Gasteiger partial charge on any atom is -0.382 e. The summed E-state index contributed by atoms with van der Waals surface area (Å²) in [6, 6.07) is 9.27. The Hall–Kier alpha value is -2.03. The molecule has 0 radical (unpaired) electrons. The lowest BCUT2D eigenvalue weighted by Gasteiger charge is -2.05. The Morgan fingerprint density at radius 3 is 2.75 bits per heavy atom. The van der Waals surface area contributed by atoms with Crippen molar-refractivity contribution in [3.63, 3.8) is 0 Å². The quantitative estimate of drug-likeness (QED) is 0.922. The lowest BCUT2D eigenvalue weighted by atomic mass is 10.1. The third-order valence-corrected chi connectivity index (χ3v) is 3.62. The molecule has 102 valence electrons. The predicted octanol–water partition coefficient (Wildman–Crippen LogP) is 2.83. The maximum atomic E-state index is 9.30. The first-order chi connectivity index (χ1) is 9.70. The monoisotopic (exact) mass is 288 g/mol. The summed E-state index contributed by atoms with van der Waals surface area (Å²) < 4.78 is 7.16. The summed E-state index contributed by atoms with van der Waals surface area (Å²) in [7, 11) is 0. The van der Waals surface area contributed by atoms with Gasteiger partial charge in [0.25, 0.3) is 0 Å². The van der Waals surface area contributed by atoms with Gasteiger partial charge in [-0.2, -0.15) is 10.4 Å². The summed E-state index contributed by atoms with van der Waals surface area (Å²) in [6.45, 7) is 0.698. The fourth-order valence-corrected chi connectivity index (χ4v) is 2.49. The fraction of sp³-hybridized carbons (Fsp3) is 0.286. The van der Waals surface area contributed by atoms with Crippen LogP contribution in [0.3, 0.4) is 0 Å². The molecule has 1 atom stereocenters. The van der Waals surface area contributed by atoms with Gasteiger partial charge in [0.2, 0.25) is 0 Å². The smallest absolute Gasteiger partial charge is 0.145 e. The third kappa shape index (κ3) is 2.13. The molecule has 0 unspecified atom stereocenters. The molecule has 0 aliphatic carbocycles. The van der Waals surface area contributed by atoms with Crippen molar-refractivity contribution >= 4 is 17.4 Å². The zero-order chi connectivity index (χ0) is 14.1. The van der Waals surface area contributed by atoms with E-state index in [0.29, 0.717) is 28.7 Å². The predicted molar refractivity (Wildman–Crippen MR) is 75.6 cm³/mol. The first kappa shape index (κ1) is 13.0. The number of benzene rings is 1. The number of nitrogens with zero attached hydrogens (tertiary/aromatic N) is 3. The number of nitrogen functional groups attached to an aromatic ring is 1. The number of nitrogens with two attached hydrogens (primary N) is 1. The molecule has 0 saturated carbocycles. The van der Waals surface area contributed by atoms with Crippen LogP contribution in [0.25, 0.3) is 5.69 Å². The van der Waals surface area contributed by atoms with Gasteiger partial charge in [0.05, 0.1) is 5.69 Å². The van der Waals surface area contributed by atoms with Crippen LogP contribution in [0.5, 0.6) is 0 Å². The maximum absolute atomic E-state index is 9.30. The highest BCUT2D eigenvalue weighted by atomic mass is 35.5. The molecule has 1 fully saturated rings. The van der Waals surface area contributed by atoms with Crippen molar-refractivity contribution in [1.82, 2.24) is 9.78 Å². The van der Waals surface area contributed by atoms with Crippen LogP contribution in [0.2, 0.25) is 5.02 Å². The van der Waals surface area contributed by atoms with Crippen LogP contribution >= 0.6 is 11.6 Å². The van der Waals surface area contributed by atoms with Gasteiger partial charge in [0, 0.05) is 11.6 Å². The summed E-state index contributed by atoms with van der Waals surface area (Å²) in [4.78, 5) is 0. The minimum atomic E-state index is -0.138. The van der Waals surface area contributed by atoms with E-state index in [9.17, 15) is 5.26 Å².